The molecule has 118 valence electrons. The highest BCUT2D eigenvalue weighted by molar-refractivity contribution is 7.99. The molecule has 0 saturated heterocycles. The highest BCUT2D eigenvalue weighted by atomic mass is 32.2. The minimum atomic E-state index is -0.301. The van der Waals surface area contributed by atoms with Crippen LogP contribution in [-0.2, 0) is 4.79 Å². The van der Waals surface area contributed by atoms with Crippen molar-refractivity contribution in [1.82, 2.24) is 19.9 Å². The van der Waals surface area contributed by atoms with Crippen molar-refractivity contribution < 1.29 is 4.79 Å². The lowest BCUT2D eigenvalue weighted by atomic mass is 10.1. The zero-order valence-corrected chi connectivity index (χ0v) is 13.5. The number of hydrogen-bond donors (Lipinski definition) is 3. The van der Waals surface area contributed by atoms with Crippen LogP contribution in [0, 0.1) is 13.8 Å². The van der Waals surface area contributed by atoms with Gasteiger partial charge >= 0.3 is 0 Å². The van der Waals surface area contributed by atoms with E-state index in [9.17, 15) is 9.59 Å². The molecule has 1 aromatic carbocycles. The van der Waals surface area contributed by atoms with Gasteiger partial charge in [-0.05, 0) is 31.0 Å². The third kappa shape index (κ3) is 3.42. The van der Waals surface area contributed by atoms with E-state index in [4.69, 9.17) is 0 Å². The maximum Gasteiger partial charge on any atom is 0.277 e. The molecule has 0 spiro atoms. The monoisotopic (exact) mass is 329 g/mol. The number of carbonyl (C=O) groups excluding carboxylic acids is 1. The van der Waals surface area contributed by atoms with Crippen LogP contribution in [0.15, 0.2) is 34.5 Å². The van der Waals surface area contributed by atoms with Crippen LogP contribution < -0.4 is 10.9 Å². The van der Waals surface area contributed by atoms with Crippen LogP contribution in [0.5, 0.6) is 0 Å². The number of imidazole rings is 1. The minimum absolute atomic E-state index is 0.145. The Hall–Kier alpha value is -2.61. The predicted octanol–water partition coefficient (Wildman–Crippen LogP) is 1.99. The third-order valence-electron chi connectivity index (χ3n) is 3.28. The molecule has 3 aromatic rings. The van der Waals surface area contributed by atoms with E-state index in [0.717, 1.165) is 28.6 Å². The quantitative estimate of drug-likeness (QED) is 0.502. The van der Waals surface area contributed by atoms with E-state index in [1.165, 1.54) is 6.33 Å². The third-order valence-corrected chi connectivity index (χ3v) is 4.15. The van der Waals surface area contributed by atoms with Gasteiger partial charge in [0.05, 0.1) is 12.1 Å². The first-order chi connectivity index (χ1) is 11.0. The summed E-state index contributed by atoms with van der Waals surface area (Å²) in [5, 5.41) is 3.23. The number of rotatable bonds is 4. The Labute approximate surface area is 135 Å². The summed E-state index contributed by atoms with van der Waals surface area (Å²) in [6.07, 6.45) is 1.41. The number of hydrogen-bond acceptors (Lipinski definition) is 5. The van der Waals surface area contributed by atoms with Gasteiger partial charge in [-0.15, -0.1) is 0 Å². The maximum atomic E-state index is 12.1. The number of amides is 1. The zero-order valence-electron chi connectivity index (χ0n) is 12.6. The van der Waals surface area contributed by atoms with Crippen LogP contribution in [0.1, 0.15) is 11.1 Å². The lowest BCUT2D eigenvalue weighted by molar-refractivity contribution is -0.113. The Kier molecular flexibility index (Phi) is 4.16. The molecule has 0 atom stereocenters. The van der Waals surface area contributed by atoms with E-state index in [0.29, 0.717) is 16.3 Å². The number of anilines is 1. The lowest BCUT2D eigenvalue weighted by Gasteiger charge is -2.09. The van der Waals surface area contributed by atoms with Crippen LogP contribution in [0.2, 0.25) is 0 Å². The molecule has 3 N–H and O–H groups in total. The fourth-order valence-electron chi connectivity index (χ4n) is 2.08. The molecule has 7 nitrogen and oxygen atoms in total. The molecule has 8 heteroatoms. The second kappa shape index (κ2) is 6.25. The number of thioether (sulfide) groups is 1. The lowest BCUT2D eigenvalue weighted by Crippen LogP contribution is -2.16. The number of nitrogens with one attached hydrogen (secondary N) is 3. The van der Waals surface area contributed by atoms with Gasteiger partial charge in [0.1, 0.15) is 0 Å². The van der Waals surface area contributed by atoms with Crippen molar-refractivity contribution in [2.24, 2.45) is 0 Å². The molecule has 0 aliphatic carbocycles. The Balaban J connectivity index is 1.68. The van der Waals surface area contributed by atoms with Crippen LogP contribution in [0.4, 0.5) is 5.69 Å². The van der Waals surface area contributed by atoms with Gasteiger partial charge < -0.3 is 10.3 Å². The normalized spacial score (nSPS) is 10.9. The van der Waals surface area contributed by atoms with Crippen molar-refractivity contribution in [3.63, 3.8) is 0 Å². The zero-order chi connectivity index (χ0) is 16.4. The van der Waals surface area contributed by atoms with E-state index in [2.05, 4.69) is 25.3 Å². The fourth-order valence-corrected chi connectivity index (χ4v) is 2.74. The molecule has 0 bridgehead atoms. The molecule has 0 unspecified atom stereocenters. The predicted molar refractivity (Wildman–Crippen MR) is 89.8 cm³/mol. The molecular weight excluding hydrogens is 314 g/mol. The molecule has 0 saturated carbocycles. The number of aromatic amines is 2. The summed E-state index contributed by atoms with van der Waals surface area (Å²) in [4.78, 5) is 37.4. The summed E-state index contributed by atoms with van der Waals surface area (Å²) < 4.78 is 0. The Morgan fingerprint density at radius 3 is 3.00 bits per heavy atom. The van der Waals surface area contributed by atoms with E-state index in [1.54, 1.807) is 0 Å². The van der Waals surface area contributed by atoms with Crippen LogP contribution in [0.3, 0.4) is 0 Å². The number of aromatic nitrogens is 4. The standard InChI is InChI=1S/C15H15N5O2S/c1-8-3-4-9(2)10(5-8)18-11(21)6-23-15-19-13-12(14(22)20-15)16-7-17-13/h3-5,7H,6H2,1-2H3,(H,18,21)(H2,16,17,19,20,22). The Morgan fingerprint density at radius 2 is 2.17 bits per heavy atom. The summed E-state index contributed by atoms with van der Waals surface area (Å²) in [5.74, 6) is -0.0137. The number of benzene rings is 1. The molecule has 0 aliphatic rings. The smallest absolute Gasteiger partial charge is 0.277 e. The molecule has 0 radical (unpaired) electrons. The van der Waals surface area contributed by atoms with Crippen LogP contribution in [-0.4, -0.2) is 31.6 Å². The first-order valence-corrected chi connectivity index (χ1v) is 7.95. The van der Waals surface area contributed by atoms with Crippen molar-refractivity contribution in [1.29, 1.82) is 0 Å². The van der Waals surface area contributed by atoms with Gasteiger partial charge in [0.25, 0.3) is 5.56 Å². The van der Waals surface area contributed by atoms with Crippen molar-refractivity contribution in [2.45, 2.75) is 19.0 Å². The van der Waals surface area contributed by atoms with Crippen molar-refractivity contribution in [2.75, 3.05) is 11.1 Å². The first-order valence-electron chi connectivity index (χ1n) is 6.96. The summed E-state index contributed by atoms with van der Waals surface area (Å²) >= 11 is 1.16. The average Bonchev–Trinajstić information content (AvgIpc) is 2.98. The fraction of sp³-hybridized carbons (Fsp3) is 0.200. The number of nitrogens with zero attached hydrogens (tertiary/aromatic N) is 2. The molecule has 0 aliphatic heterocycles. The highest BCUT2D eigenvalue weighted by Gasteiger charge is 2.10. The van der Waals surface area contributed by atoms with Gasteiger partial charge in [0.2, 0.25) is 5.91 Å². The van der Waals surface area contributed by atoms with Gasteiger partial charge in [-0.3, -0.25) is 14.6 Å². The second-order valence-corrected chi connectivity index (χ2v) is 6.09. The van der Waals surface area contributed by atoms with E-state index >= 15 is 0 Å². The molecule has 3 rings (SSSR count). The van der Waals surface area contributed by atoms with Crippen molar-refractivity contribution >= 4 is 34.5 Å². The maximum absolute atomic E-state index is 12.1. The van der Waals surface area contributed by atoms with Crippen LogP contribution >= 0.6 is 11.8 Å². The number of H-pyrrole nitrogens is 2. The summed E-state index contributed by atoms with van der Waals surface area (Å²) in [6.45, 7) is 3.91. The van der Waals surface area contributed by atoms with Gasteiger partial charge in [-0.2, -0.15) is 0 Å². The highest BCUT2D eigenvalue weighted by Crippen LogP contribution is 2.18. The molecule has 0 fully saturated rings. The van der Waals surface area contributed by atoms with Gasteiger partial charge in [0, 0.05) is 5.69 Å². The largest absolute Gasteiger partial charge is 0.339 e. The van der Waals surface area contributed by atoms with Gasteiger partial charge in [-0.1, -0.05) is 23.9 Å². The van der Waals surface area contributed by atoms with Crippen molar-refractivity contribution in [3.8, 4) is 0 Å². The van der Waals surface area contributed by atoms with Gasteiger partial charge in [0.15, 0.2) is 16.3 Å². The Morgan fingerprint density at radius 1 is 1.35 bits per heavy atom. The van der Waals surface area contributed by atoms with Crippen LogP contribution in [0.25, 0.3) is 11.2 Å². The second-order valence-electron chi connectivity index (χ2n) is 5.13. The van der Waals surface area contributed by atoms with Gasteiger partial charge in [-0.25, -0.2) is 9.97 Å². The van der Waals surface area contributed by atoms with E-state index in [1.807, 2.05) is 32.0 Å². The Bertz CT molecular complexity index is 931. The molecule has 23 heavy (non-hydrogen) atoms. The summed E-state index contributed by atoms with van der Waals surface area (Å²) in [6, 6.07) is 5.88. The number of carbonyl (C=O) groups is 1. The van der Waals surface area contributed by atoms with E-state index < -0.39 is 0 Å². The summed E-state index contributed by atoms with van der Waals surface area (Å²) in [5.41, 5.74) is 3.23. The summed E-state index contributed by atoms with van der Waals surface area (Å²) in [7, 11) is 0. The van der Waals surface area contributed by atoms with Crippen molar-refractivity contribution in [3.05, 3.63) is 46.0 Å². The van der Waals surface area contributed by atoms with E-state index in [-0.39, 0.29) is 17.2 Å². The molecule has 1 amide bonds. The number of aryl methyl sites for hydroxylation is 2. The SMILES string of the molecule is Cc1ccc(C)c(NC(=O)CSc2nc3nc[nH]c3c(=O)[nH]2)c1. The average molecular weight is 329 g/mol. The molecule has 2 aromatic heterocycles. The minimum Gasteiger partial charge on any atom is -0.339 e. The number of fused-ring (bicyclic) bond motifs is 1. The topological polar surface area (TPSA) is 104 Å². The molecule has 2 heterocycles. The molecular formula is C15H15N5O2S. The first kappa shape index (κ1) is 15.3.